The van der Waals surface area contributed by atoms with E-state index < -0.39 is 28.6 Å². The maximum absolute atomic E-state index is 12.3. The van der Waals surface area contributed by atoms with Gasteiger partial charge in [0.15, 0.2) is 0 Å². The maximum atomic E-state index is 12.3. The second-order valence-corrected chi connectivity index (χ2v) is 8.09. The standard InChI is InChI=1S/C16H24N4O5S/c1-10(2)8-12(18-15(22)25-16(3,4)5)14(21)19-17-9-11-6-7-13(26-11)20(23)24/h6-7,9-10,12H,8H2,1-5H3,(H,18,22)(H,19,21)/b17-9+. The molecule has 2 N–H and O–H groups in total. The van der Waals surface area contributed by atoms with E-state index in [1.54, 1.807) is 20.8 Å². The lowest BCUT2D eigenvalue weighted by Crippen LogP contribution is -2.47. The number of hydrazone groups is 1. The molecule has 1 rings (SSSR count). The van der Waals surface area contributed by atoms with Crippen molar-refractivity contribution in [3.05, 3.63) is 27.1 Å². The third kappa shape index (κ3) is 8.06. The van der Waals surface area contributed by atoms with Crippen LogP contribution in [-0.2, 0) is 9.53 Å². The normalized spacial score (nSPS) is 12.8. The van der Waals surface area contributed by atoms with Gasteiger partial charge in [-0.2, -0.15) is 5.10 Å². The summed E-state index contributed by atoms with van der Waals surface area (Å²) in [5.41, 5.74) is 1.67. The SMILES string of the molecule is CC(C)CC(NC(=O)OC(C)(C)C)C(=O)N/N=C/c1ccc([N+](=O)[O-])s1. The molecule has 0 bridgehead atoms. The van der Waals surface area contributed by atoms with E-state index in [-0.39, 0.29) is 10.9 Å². The minimum Gasteiger partial charge on any atom is -0.444 e. The summed E-state index contributed by atoms with van der Waals surface area (Å²) in [6, 6.07) is 2.09. The lowest BCUT2D eigenvalue weighted by Gasteiger charge is -2.23. The highest BCUT2D eigenvalue weighted by Gasteiger charge is 2.25. The summed E-state index contributed by atoms with van der Waals surface area (Å²) in [5.74, 6) is -0.337. The highest BCUT2D eigenvalue weighted by atomic mass is 32.1. The van der Waals surface area contributed by atoms with Crippen LogP contribution in [0.3, 0.4) is 0 Å². The first-order valence-electron chi connectivity index (χ1n) is 8.04. The van der Waals surface area contributed by atoms with Crippen molar-refractivity contribution in [2.75, 3.05) is 0 Å². The fraction of sp³-hybridized carbons (Fsp3) is 0.562. The van der Waals surface area contributed by atoms with Crippen molar-refractivity contribution in [3.63, 3.8) is 0 Å². The molecule has 0 aliphatic carbocycles. The predicted octanol–water partition coefficient (Wildman–Crippen LogP) is 3.05. The van der Waals surface area contributed by atoms with Crippen LogP contribution in [0.4, 0.5) is 9.80 Å². The Bertz CT molecular complexity index is 678. The van der Waals surface area contributed by atoms with Gasteiger partial charge in [0.25, 0.3) is 5.91 Å². The first-order chi connectivity index (χ1) is 12.0. The number of carbonyl (C=O) groups is 2. The number of hydrogen-bond acceptors (Lipinski definition) is 7. The Kier molecular flexibility index (Phi) is 7.69. The molecule has 0 fully saturated rings. The van der Waals surface area contributed by atoms with Gasteiger partial charge in [-0.15, -0.1) is 0 Å². The number of alkyl carbamates (subject to hydrolysis) is 1. The van der Waals surface area contributed by atoms with Crippen molar-refractivity contribution in [1.29, 1.82) is 0 Å². The van der Waals surface area contributed by atoms with Crippen LogP contribution in [0.15, 0.2) is 17.2 Å². The van der Waals surface area contributed by atoms with Gasteiger partial charge in [-0.1, -0.05) is 25.2 Å². The van der Waals surface area contributed by atoms with Gasteiger partial charge in [-0.25, -0.2) is 10.2 Å². The molecule has 9 nitrogen and oxygen atoms in total. The van der Waals surface area contributed by atoms with Crippen LogP contribution in [0.5, 0.6) is 0 Å². The third-order valence-electron chi connectivity index (χ3n) is 2.87. The number of amides is 2. The quantitative estimate of drug-likeness (QED) is 0.425. The van der Waals surface area contributed by atoms with Gasteiger partial charge in [0, 0.05) is 6.07 Å². The second kappa shape index (κ2) is 9.27. The average molecular weight is 384 g/mol. The predicted molar refractivity (Wildman–Crippen MR) is 99.3 cm³/mol. The fourth-order valence-electron chi connectivity index (χ4n) is 1.90. The topological polar surface area (TPSA) is 123 Å². The van der Waals surface area contributed by atoms with E-state index in [9.17, 15) is 19.7 Å². The summed E-state index contributed by atoms with van der Waals surface area (Å²) in [5, 5.41) is 17.0. The van der Waals surface area contributed by atoms with Gasteiger partial charge in [-0.3, -0.25) is 14.9 Å². The first-order valence-corrected chi connectivity index (χ1v) is 8.86. The molecule has 10 heteroatoms. The van der Waals surface area contributed by atoms with Crippen molar-refractivity contribution in [3.8, 4) is 0 Å². The maximum Gasteiger partial charge on any atom is 0.408 e. The van der Waals surface area contributed by atoms with Crippen LogP contribution < -0.4 is 10.7 Å². The number of carbonyl (C=O) groups excluding carboxylic acids is 2. The van der Waals surface area contributed by atoms with Crippen LogP contribution in [0.1, 0.15) is 45.9 Å². The number of nitrogens with one attached hydrogen (secondary N) is 2. The zero-order valence-corrected chi connectivity index (χ0v) is 16.3. The van der Waals surface area contributed by atoms with E-state index >= 15 is 0 Å². The summed E-state index contributed by atoms with van der Waals surface area (Å²) in [7, 11) is 0. The summed E-state index contributed by atoms with van der Waals surface area (Å²) < 4.78 is 5.17. The summed E-state index contributed by atoms with van der Waals surface area (Å²) >= 11 is 0.939. The molecule has 0 saturated carbocycles. The molecule has 144 valence electrons. The Morgan fingerprint density at radius 2 is 2.04 bits per heavy atom. The molecule has 0 radical (unpaired) electrons. The lowest BCUT2D eigenvalue weighted by molar-refractivity contribution is -0.380. The highest BCUT2D eigenvalue weighted by Crippen LogP contribution is 2.22. The Morgan fingerprint density at radius 1 is 1.38 bits per heavy atom. The molecule has 0 aromatic carbocycles. The summed E-state index contributed by atoms with van der Waals surface area (Å²) in [4.78, 5) is 34.9. The van der Waals surface area contributed by atoms with Crippen LogP contribution in [0, 0.1) is 16.0 Å². The van der Waals surface area contributed by atoms with Gasteiger partial charge in [0.1, 0.15) is 11.6 Å². The minimum absolute atomic E-state index is 0.0120. The van der Waals surface area contributed by atoms with Crippen molar-refractivity contribution in [2.45, 2.75) is 52.7 Å². The minimum atomic E-state index is -0.806. The molecule has 0 aliphatic heterocycles. The summed E-state index contributed by atoms with van der Waals surface area (Å²) in [6.07, 6.45) is 1.04. The van der Waals surface area contributed by atoms with E-state index in [0.29, 0.717) is 11.3 Å². The van der Waals surface area contributed by atoms with Crippen molar-refractivity contribution < 1.29 is 19.2 Å². The van der Waals surface area contributed by atoms with Crippen LogP contribution in [0.2, 0.25) is 0 Å². The molecule has 1 atom stereocenters. The molecule has 0 saturated heterocycles. The van der Waals surface area contributed by atoms with Crippen molar-refractivity contribution in [2.24, 2.45) is 11.0 Å². The van der Waals surface area contributed by atoms with Crippen molar-refractivity contribution in [1.82, 2.24) is 10.7 Å². The van der Waals surface area contributed by atoms with Gasteiger partial charge in [0.2, 0.25) is 0 Å². The van der Waals surface area contributed by atoms with Crippen LogP contribution in [-0.4, -0.2) is 34.8 Å². The first kappa shape index (κ1) is 21.6. The van der Waals surface area contributed by atoms with Gasteiger partial charge < -0.3 is 10.1 Å². The second-order valence-electron chi connectivity index (χ2n) is 7.00. The molecule has 26 heavy (non-hydrogen) atoms. The Balaban J connectivity index is 2.68. The smallest absolute Gasteiger partial charge is 0.408 e. The Morgan fingerprint density at radius 3 is 2.54 bits per heavy atom. The molecular weight excluding hydrogens is 360 g/mol. The highest BCUT2D eigenvalue weighted by molar-refractivity contribution is 7.16. The van der Waals surface area contributed by atoms with Crippen LogP contribution in [0.25, 0.3) is 0 Å². The Hall–Kier alpha value is -2.49. The molecule has 1 aromatic heterocycles. The lowest BCUT2D eigenvalue weighted by atomic mass is 10.0. The molecule has 0 spiro atoms. The molecule has 1 heterocycles. The average Bonchev–Trinajstić information content (AvgIpc) is 2.93. The number of hydrogen-bond donors (Lipinski definition) is 2. The van der Waals surface area contributed by atoms with E-state index in [4.69, 9.17) is 4.74 Å². The number of rotatable bonds is 7. The third-order valence-corrected chi connectivity index (χ3v) is 3.85. The number of nitro groups is 1. The van der Waals surface area contributed by atoms with E-state index in [2.05, 4.69) is 15.8 Å². The molecule has 1 aromatic rings. The molecule has 2 amide bonds. The van der Waals surface area contributed by atoms with Gasteiger partial charge in [0.05, 0.1) is 16.0 Å². The zero-order valence-electron chi connectivity index (χ0n) is 15.4. The summed E-state index contributed by atoms with van der Waals surface area (Å²) in [6.45, 7) is 9.04. The number of ether oxygens (including phenoxy) is 1. The fourth-order valence-corrected chi connectivity index (χ4v) is 2.59. The van der Waals surface area contributed by atoms with E-state index in [0.717, 1.165) is 11.3 Å². The monoisotopic (exact) mass is 384 g/mol. The molecule has 1 unspecified atom stereocenters. The van der Waals surface area contributed by atoms with E-state index in [1.807, 2.05) is 13.8 Å². The van der Waals surface area contributed by atoms with E-state index in [1.165, 1.54) is 18.3 Å². The van der Waals surface area contributed by atoms with Gasteiger partial charge >= 0.3 is 11.1 Å². The molecule has 0 aliphatic rings. The molecular formula is C16H24N4O5S. The number of nitrogens with zero attached hydrogens (tertiary/aromatic N) is 2. The number of thiophene rings is 1. The zero-order chi connectivity index (χ0) is 19.9. The van der Waals surface area contributed by atoms with Crippen LogP contribution >= 0.6 is 11.3 Å². The Labute approximate surface area is 156 Å². The largest absolute Gasteiger partial charge is 0.444 e. The van der Waals surface area contributed by atoms with Gasteiger partial charge in [-0.05, 0) is 39.2 Å². The van der Waals surface area contributed by atoms with Crippen molar-refractivity contribution >= 4 is 34.6 Å².